The van der Waals surface area contributed by atoms with Gasteiger partial charge in [-0.25, -0.2) is 0 Å². The number of aryl methyl sites for hydroxylation is 1. The Hall–Kier alpha value is -1.16. The minimum Gasteiger partial charge on any atom is -0.311 e. The number of halogens is 1. The quantitative estimate of drug-likeness (QED) is 0.794. The van der Waals surface area contributed by atoms with Crippen molar-refractivity contribution in [2.24, 2.45) is 0 Å². The van der Waals surface area contributed by atoms with Crippen LogP contribution in [0.15, 0.2) is 24.3 Å². The van der Waals surface area contributed by atoms with Crippen molar-refractivity contribution in [3.05, 3.63) is 47.0 Å². The Bertz CT molecular complexity index is 604. The van der Waals surface area contributed by atoms with E-state index in [1.54, 1.807) is 0 Å². The molecule has 1 atom stereocenters. The predicted molar refractivity (Wildman–Crippen MR) is 84.2 cm³/mol. The number of fused-ring (bicyclic) bond motifs is 1. The molecule has 1 aliphatic rings. The van der Waals surface area contributed by atoms with Gasteiger partial charge in [-0.1, -0.05) is 40.2 Å². The summed E-state index contributed by atoms with van der Waals surface area (Å²) in [5, 5.41) is 9.61. The van der Waals surface area contributed by atoms with Crippen LogP contribution >= 0.6 is 15.9 Å². The second-order valence-electron chi connectivity index (χ2n) is 5.78. The highest BCUT2D eigenvalue weighted by molar-refractivity contribution is 9.08. The van der Waals surface area contributed by atoms with E-state index in [4.69, 9.17) is 0 Å². The number of aromatic nitrogens is 3. The second kappa shape index (κ2) is 5.68. The van der Waals surface area contributed by atoms with Gasteiger partial charge in [-0.3, -0.25) is 0 Å². The molecule has 0 saturated carbocycles. The summed E-state index contributed by atoms with van der Waals surface area (Å²) in [4.78, 5) is 0. The molecule has 0 fully saturated rings. The Kier molecular flexibility index (Phi) is 3.92. The van der Waals surface area contributed by atoms with Gasteiger partial charge < -0.3 is 4.57 Å². The molecule has 2 aromatic rings. The lowest BCUT2D eigenvalue weighted by Gasteiger charge is -2.25. The molecule has 0 amide bonds. The first kappa shape index (κ1) is 13.8. The topological polar surface area (TPSA) is 30.7 Å². The van der Waals surface area contributed by atoms with Gasteiger partial charge in [0.1, 0.15) is 11.6 Å². The van der Waals surface area contributed by atoms with E-state index in [2.05, 4.69) is 68.8 Å². The van der Waals surface area contributed by atoms with Gasteiger partial charge in [0.25, 0.3) is 0 Å². The summed E-state index contributed by atoms with van der Waals surface area (Å²) < 4.78 is 2.30. The van der Waals surface area contributed by atoms with Gasteiger partial charge in [0, 0.05) is 12.0 Å². The van der Waals surface area contributed by atoms with Crippen LogP contribution in [0.3, 0.4) is 0 Å². The SMILES string of the molecule is CC(C)n1c(CBr)nnc1C1CCc2ccccc2C1. The lowest BCUT2D eigenvalue weighted by molar-refractivity contribution is 0.482. The summed E-state index contributed by atoms with van der Waals surface area (Å²) in [6.45, 7) is 4.41. The van der Waals surface area contributed by atoms with Crippen molar-refractivity contribution in [2.75, 3.05) is 0 Å². The van der Waals surface area contributed by atoms with E-state index >= 15 is 0 Å². The Balaban J connectivity index is 1.94. The normalized spacial score (nSPS) is 18.3. The third-order valence-corrected chi connectivity index (χ3v) is 4.64. The fraction of sp³-hybridized carbons (Fsp3) is 0.500. The highest BCUT2D eigenvalue weighted by atomic mass is 79.9. The van der Waals surface area contributed by atoms with E-state index in [1.807, 2.05) is 0 Å². The molecular weight excluding hydrogens is 314 g/mol. The molecule has 1 aliphatic carbocycles. The average Bonchev–Trinajstić information content (AvgIpc) is 2.91. The first-order valence-corrected chi connectivity index (χ1v) is 8.39. The summed E-state index contributed by atoms with van der Waals surface area (Å²) in [6.07, 6.45) is 3.41. The summed E-state index contributed by atoms with van der Waals surface area (Å²) in [7, 11) is 0. The first-order chi connectivity index (χ1) is 9.70. The Morgan fingerprint density at radius 1 is 1.25 bits per heavy atom. The smallest absolute Gasteiger partial charge is 0.143 e. The zero-order valence-corrected chi connectivity index (χ0v) is 13.6. The molecule has 0 aliphatic heterocycles. The number of benzene rings is 1. The molecule has 0 spiro atoms. The molecule has 1 unspecified atom stereocenters. The highest BCUT2D eigenvalue weighted by Crippen LogP contribution is 2.33. The molecule has 0 bridgehead atoms. The molecule has 4 heteroatoms. The van der Waals surface area contributed by atoms with Gasteiger partial charge in [-0.05, 0) is 44.2 Å². The van der Waals surface area contributed by atoms with Gasteiger partial charge >= 0.3 is 0 Å². The monoisotopic (exact) mass is 333 g/mol. The molecular formula is C16H20BrN3. The molecule has 106 valence electrons. The zero-order chi connectivity index (χ0) is 14.1. The number of alkyl halides is 1. The van der Waals surface area contributed by atoms with Crippen LogP contribution in [0, 0.1) is 0 Å². The third-order valence-electron chi connectivity index (χ3n) is 4.14. The molecule has 1 heterocycles. The fourth-order valence-corrected chi connectivity index (χ4v) is 3.57. The lowest BCUT2D eigenvalue weighted by atomic mass is 9.83. The van der Waals surface area contributed by atoms with E-state index in [0.717, 1.165) is 29.8 Å². The Morgan fingerprint density at radius 3 is 2.70 bits per heavy atom. The maximum absolute atomic E-state index is 4.49. The third kappa shape index (κ3) is 2.41. The fourth-order valence-electron chi connectivity index (χ4n) is 3.19. The zero-order valence-electron chi connectivity index (χ0n) is 12.0. The minimum absolute atomic E-state index is 0.407. The van der Waals surface area contributed by atoms with Crippen LogP contribution in [0.1, 0.15) is 55.0 Å². The second-order valence-corrected chi connectivity index (χ2v) is 6.34. The summed E-state index contributed by atoms with van der Waals surface area (Å²) in [5.74, 6) is 2.69. The van der Waals surface area contributed by atoms with Crippen molar-refractivity contribution in [2.45, 2.75) is 50.4 Å². The van der Waals surface area contributed by atoms with Crippen LogP contribution in [0.25, 0.3) is 0 Å². The van der Waals surface area contributed by atoms with Crippen molar-refractivity contribution >= 4 is 15.9 Å². The van der Waals surface area contributed by atoms with Crippen LogP contribution in [-0.2, 0) is 18.2 Å². The lowest BCUT2D eigenvalue weighted by Crippen LogP contribution is -2.19. The van der Waals surface area contributed by atoms with Crippen molar-refractivity contribution in [1.29, 1.82) is 0 Å². The molecule has 0 N–H and O–H groups in total. The van der Waals surface area contributed by atoms with Crippen LogP contribution in [0.4, 0.5) is 0 Å². The van der Waals surface area contributed by atoms with Crippen LogP contribution in [0.5, 0.6) is 0 Å². The van der Waals surface area contributed by atoms with Crippen molar-refractivity contribution in [3.8, 4) is 0 Å². The number of hydrogen-bond acceptors (Lipinski definition) is 2. The summed E-state index contributed by atoms with van der Waals surface area (Å²) in [6, 6.07) is 9.19. The maximum atomic E-state index is 4.49. The van der Waals surface area contributed by atoms with E-state index in [0.29, 0.717) is 12.0 Å². The molecule has 3 rings (SSSR count). The van der Waals surface area contributed by atoms with E-state index in [1.165, 1.54) is 17.5 Å². The molecule has 1 aromatic carbocycles. The number of nitrogens with zero attached hydrogens (tertiary/aromatic N) is 3. The maximum Gasteiger partial charge on any atom is 0.143 e. The Morgan fingerprint density at radius 2 is 2.00 bits per heavy atom. The van der Waals surface area contributed by atoms with E-state index < -0.39 is 0 Å². The van der Waals surface area contributed by atoms with E-state index in [9.17, 15) is 0 Å². The van der Waals surface area contributed by atoms with Gasteiger partial charge in [0.15, 0.2) is 0 Å². The highest BCUT2D eigenvalue weighted by Gasteiger charge is 2.26. The largest absolute Gasteiger partial charge is 0.311 e. The Labute approximate surface area is 128 Å². The number of rotatable bonds is 3. The molecule has 0 radical (unpaired) electrons. The predicted octanol–water partition coefficient (Wildman–Crippen LogP) is 4.03. The van der Waals surface area contributed by atoms with Crippen LogP contribution in [0.2, 0.25) is 0 Å². The molecule has 3 nitrogen and oxygen atoms in total. The van der Waals surface area contributed by atoms with Crippen LogP contribution in [-0.4, -0.2) is 14.8 Å². The number of hydrogen-bond donors (Lipinski definition) is 0. The van der Waals surface area contributed by atoms with Gasteiger partial charge in [-0.15, -0.1) is 10.2 Å². The molecule has 20 heavy (non-hydrogen) atoms. The van der Waals surface area contributed by atoms with Gasteiger partial charge in [0.05, 0.1) is 5.33 Å². The van der Waals surface area contributed by atoms with E-state index in [-0.39, 0.29) is 0 Å². The van der Waals surface area contributed by atoms with Crippen LogP contribution < -0.4 is 0 Å². The summed E-state index contributed by atoms with van der Waals surface area (Å²) >= 11 is 3.52. The van der Waals surface area contributed by atoms with Crippen molar-refractivity contribution in [3.63, 3.8) is 0 Å². The molecule has 0 saturated heterocycles. The van der Waals surface area contributed by atoms with Gasteiger partial charge in [-0.2, -0.15) is 0 Å². The first-order valence-electron chi connectivity index (χ1n) is 7.27. The standard InChI is InChI=1S/C16H20BrN3/c1-11(2)20-15(10-17)18-19-16(20)14-8-7-12-5-3-4-6-13(12)9-14/h3-6,11,14H,7-10H2,1-2H3. The van der Waals surface area contributed by atoms with Crippen molar-refractivity contribution in [1.82, 2.24) is 14.8 Å². The summed E-state index contributed by atoms with van der Waals surface area (Å²) in [5.41, 5.74) is 2.97. The minimum atomic E-state index is 0.407. The average molecular weight is 334 g/mol. The van der Waals surface area contributed by atoms with Gasteiger partial charge in [0.2, 0.25) is 0 Å². The molecule has 1 aromatic heterocycles. The van der Waals surface area contributed by atoms with Crippen molar-refractivity contribution < 1.29 is 0 Å².